The molecule has 1 aliphatic rings. The molecule has 1 N–H and O–H groups in total. The third-order valence-corrected chi connectivity index (χ3v) is 8.67. The molecule has 10 heteroatoms. The highest BCUT2D eigenvalue weighted by Gasteiger charge is 2.33. The monoisotopic (exact) mass is 480 g/mol. The quantitative estimate of drug-likeness (QED) is 0.554. The van der Waals surface area contributed by atoms with Crippen molar-refractivity contribution in [2.75, 3.05) is 26.8 Å². The summed E-state index contributed by atoms with van der Waals surface area (Å²) in [7, 11) is -1.97. The van der Waals surface area contributed by atoms with Crippen LogP contribution in [0.5, 0.6) is 5.75 Å². The summed E-state index contributed by atoms with van der Waals surface area (Å²) in [4.78, 5) is 25.1. The Bertz CT molecular complexity index is 1010. The van der Waals surface area contributed by atoms with Crippen molar-refractivity contribution in [3.05, 3.63) is 47.3 Å². The fourth-order valence-corrected chi connectivity index (χ4v) is 6.30. The van der Waals surface area contributed by atoms with Gasteiger partial charge in [0, 0.05) is 19.0 Å². The van der Waals surface area contributed by atoms with E-state index in [9.17, 15) is 18.0 Å². The molecular formula is C22H28N2O6S2. The number of thiophene rings is 1. The molecule has 1 fully saturated rings. The van der Waals surface area contributed by atoms with Crippen LogP contribution in [0.4, 0.5) is 0 Å². The third kappa shape index (κ3) is 5.87. The molecule has 1 saturated heterocycles. The molecule has 8 nitrogen and oxygen atoms in total. The first-order valence-electron chi connectivity index (χ1n) is 10.5. The van der Waals surface area contributed by atoms with Gasteiger partial charge in [-0.05, 0) is 48.9 Å². The normalized spacial score (nSPS) is 16.3. The molecule has 174 valence electrons. The molecule has 0 saturated carbocycles. The van der Waals surface area contributed by atoms with Gasteiger partial charge in [-0.15, -0.1) is 11.3 Å². The van der Waals surface area contributed by atoms with E-state index in [0.29, 0.717) is 22.8 Å². The van der Waals surface area contributed by atoms with E-state index in [2.05, 4.69) is 5.32 Å². The molecule has 1 atom stereocenters. The number of ether oxygens (including phenoxy) is 2. The van der Waals surface area contributed by atoms with Gasteiger partial charge in [-0.3, -0.25) is 9.59 Å². The average Bonchev–Trinajstić information content (AvgIpc) is 3.35. The molecule has 0 aliphatic carbocycles. The molecule has 32 heavy (non-hydrogen) atoms. The molecule has 1 amide bonds. The zero-order valence-corrected chi connectivity index (χ0v) is 19.8. The highest BCUT2D eigenvalue weighted by molar-refractivity contribution is 7.91. The maximum Gasteiger partial charge on any atom is 0.308 e. The van der Waals surface area contributed by atoms with Gasteiger partial charge in [0.15, 0.2) is 0 Å². The molecule has 2 heterocycles. The number of esters is 1. The molecule has 1 aromatic heterocycles. The van der Waals surface area contributed by atoms with E-state index in [1.54, 1.807) is 49.7 Å². The summed E-state index contributed by atoms with van der Waals surface area (Å²) in [5, 5.41) is 4.70. The highest BCUT2D eigenvalue weighted by Crippen LogP contribution is 2.28. The second-order valence-corrected chi connectivity index (χ2v) is 10.6. The number of methoxy groups -OCH3 is 1. The van der Waals surface area contributed by atoms with Crippen molar-refractivity contribution in [1.82, 2.24) is 9.62 Å². The summed E-state index contributed by atoms with van der Waals surface area (Å²) in [6.45, 7) is 2.55. The van der Waals surface area contributed by atoms with Crippen LogP contribution in [0.2, 0.25) is 0 Å². The second kappa shape index (κ2) is 10.9. The zero-order chi connectivity index (χ0) is 23.1. The lowest BCUT2D eigenvalue weighted by atomic mass is 9.95. The zero-order valence-electron chi connectivity index (χ0n) is 18.2. The number of piperidine rings is 1. The van der Waals surface area contributed by atoms with E-state index in [1.165, 1.54) is 15.6 Å². The summed E-state index contributed by atoms with van der Waals surface area (Å²) in [6, 6.07) is 9.92. The molecule has 3 rings (SSSR count). The van der Waals surface area contributed by atoms with Gasteiger partial charge in [0.05, 0.1) is 26.2 Å². The second-order valence-electron chi connectivity index (χ2n) is 7.46. The van der Waals surface area contributed by atoms with Gasteiger partial charge >= 0.3 is 5.97 Å². The molecule has 0 radical (unpaired) electrons. The molecule has 1 unspecified atom stereocenters. The first kappa shape index (κ1) is 24.2. The topological polar surface area (TPSA) is 102 Å². The summed E-state index contributed by atoms with van der Waals surface area (Å²) in [5.74, 6) is -0.314. The lowest BCUT2D eigenvalue weighted by molar-refractivity contribution is -0.144. The van der Waals surface area contributed by atoms with E-state index in [4.69, 9.17) is 9.47 Å². The number of benzene rings is 1. The van der Waals surface area contributed by atoms with Gasteiger partial charge in [-0.1, -0.05) is 18.2 Å². The van der Waals surface area contributed by atoms with Crippen LogP contribution < -0.4 is 10.1 Å². The standard InChI is InChI=1S/C22H28N2O6S2/c1-3-30-20(25)15-19(17-6-4-7-18(14-17)29-2)23-22(26)16-9-11-24(12-10-16)32(27,28)21-8-5-13-31-21/h4-8,13-14,16,19H,3,9-12,15H2,1-2H3,(H,23,26). The Morgan fingerprint density at radius 1 is 1.22 bits per heavy atom. The lowest BCUT2D eigenvalue weighted by Crippen LogP contribution is -2.43. The molecule has 2 aromatic rings. The van der Waals surface area contributed by atoms with Crippen molar-refractivity contribution in [1.29, 1.82) is 0 Å². The maximum atomic E-state index is 13.0. The van der Waals surface area contributed by atoms with Crippen LogP contribution >= 0.6 is 11.3 Å². The van der Waals surface area contributed by atoms with Crippen LogP contribution in [0.25, 0.3) is 0 Å². The number of carbonyl (C=O) groups excluding carboxylic acids is 2. The first-order chi connectivity index (χ1) is 15.3. The Labute approximate surface area is 192 Å². The van der Waals surface area contributed by atoms with Crippen LogP contribution in [0, 0.1) is 5.92 Å². The molecule has 0 bridgehead atoms. The Morgan fingerprint density at radius 2 is 1.97 bits per heavy atom. The van der Waals surface area contributed by atoms with Crippen molar-refractivity contribution in [2.45, 2.75) is 36.4 Å². The predicted molar refractivity (Wildman–Crippen MR) is 121 cm³/mol. The van der Waals surface area contributed by atoms with Crippen molar-refractivity contribution in [3.63, 3.8) is 0 Å². The van der Waals surface area contributed by atoms with Gasteiger partial charge < -0.3 is 14.8 Å². The lowest BCUT2D eigenvalue weighted by Gasteiger charge is -2.31. The van der Waals surface area contributed by atoms with E-state index < -0.39 is 22.0 Å². The Hall–Kier alpha value is -2.43. The molecular weight excluding hydrogens is 452 g/mol. The van der Waals surface area contributed by atoms with Gasteiger partial charge in [-0.25, -0.2) is 8.42 Å². The Morgan fingerprint density at radius 3 is 2.59 bits per heavy atom. The van der Waals surface area contributed by atoms with Crippen molar-refractivity contribution in [2.24, 2.45) is 5.92 Å². The minimum absolute atomic E-state index is 0.00164. The van der Waals surface area contributed by atoms with E-state index >= 15 is 0 Å². The van der Waals surface area contributed by atoms with Crippen molar-refractivity contribution >= 4 is 33.2 Å². The third-order valence-electron chi connectivity index (χ3n) is 5.40. The number of rotatable bonds is 9. The number of amides is 1. The average molecular weight is 481 g/mol. The number of nitrogens with one attached hydrogen (secondary N) is 1. The van der Waals surface area contributed by atoms with Crippen LogP contribution in [0.1, 0.15) is 37.8 Å². The van der Waals surface area contributed by atoms with E-state index in [-0.39, 0.29) is 37.9 Å². The SMILES string of the molecule is CCOC(=O)CC(NC(=O)C1CCN(S(=O)(=O)c2cccs2)CC1)c1cccc(OC)c1. The Kier molecular flexibility index (Phi) is 8.27. The molecule has 1 aliphatic heterocycles. The number of hydrogen-bond donors (Lipinski definition) is 1. The van der Waals surface area contributed by atoms with Gasteiger partial charge in [-0.2, -0.15) is 4.31 Å². The molecule has 0 spiro atoms. The van der Waals surface area contributed by atoms with Crippen LogP contribution in [0.3, 0.4) is 0 Å². The first-order valence-corrected chi connectivity index (χ1v) is 12.8. The van der Waals surface area contributed by atoms with E-state index in [1.807, 2.05) is 6.07 Å². The summed E-state index contributed by atoms with van der Waals surface area (Å²) in [6.07, 6.45) is 0.833. The van der Waals surface area contributed by atoms with Gasteiger partial charge in [0.25, 0.3) is 10.0 Å². The fourth-order valence-electron chi connectivity index (χ4n) is 3.68. The number of hydrogen-bond acceptors (Lipinski definition) is 7. The summed E-state index contributed by atoms with van der Waals surface area (Å²) in [5.41, 5.74) is 0.739. The highest BCUT2D eigenvalue weighted by atomic mass is 32.2. The summed E-state index contributed by atoms with van der Waals surface area (Å²) < 4.78 is 37.5. The largest absolute Gasteiger partial charge is 0.497 e. The predicted octanol–water partition coefficient (Wildman–Crippen LogP) is 2.97. The smallest absolute Gasteiger partial charge is 0.308 e. The number of nitrogens with zero attached hydrogens (tertiary/aromatic N) is 1. The Balaban J connectivity index is 1.66. The number of carbonyl (C=O) groups is 2. The fraction of sp³-hybridized carbons (Fsp3) is 0.455. The van der Waals surface area contributed by atoms with Crippen LogP contribution in [-0.2, 0) is 24.3 Å². The van der Waals surface area contributed by atoms with Crippen LogP contribution in [0.15, 0.2) is 46.0 Å². The van der Waals surface area contributed by atoms with E-state index in [0.717, 1.165) is 5.56 Å². The molecule has 1 aromatic carbocycles. The van der Waals surface area contributed by atoms with Crippen LogP contribution in [-0.4, -0.2) is 51.4 Å². The minimum atomic E-state index is -3.52. The summed E-state index contributed by atoms with van der Waals surface area (Å²) >= 11 is 1.19. The van der Waals surface area contributed by atoms with Gasteiger partial charge in [0.2, 0.25) is 5.91 Å². The van der Waals surface area contributed by atoms with Crippen molar-refractivity contribution in [3.8, 4) is 5.75 Å². The van der Waals surface area contributed by atoms with Crippen molar-refractivity contribution < 1.29 is 27.5 Å². The maximum absolute atomic E-state index is 13.0. The van der Waals surface area contributed by atoms with Gasteiger partial charge in [0.1, 0.15) is 9.96 Å². The minimum Gasteiger partial charge on any atom is -0.497 e. The number of sulfonamides is 1.